The molecule has 1 amide bonds. The van der Waals surface area contributed by atoms with Gasteiger partial charge in [0.25, 0.3) is 0 Å². The summed E-state index contributed by atoms with van der Waals surface area (Å²) in [6.45, 7) is 0. The summed E-state index contributed by atoms with van der Waals surface area (Å²) in [7, 11) is 1.51. The van der Waals surface area contributed by atoms with Crippen molar-refractivity contribution >= 4 is 28.2 Å². The fraction of sp³-hybridized carbons (Fsp3) is 0.158. The average molecular weight is 351 g/mol. The number of hydrazine groups is 1. The molecule has 26 heavy (non-hydrogen) atoms. The quantitative estimate of drug-likeness (QED) is 0.281. The predicted octanol–water partition coefficient (Wildman–Crippen LogP) is 2.46. The summed E-state index contributed by atoms with van der Waals surface area (Å²) >= 11 is 0. The van der Waals surface area contributed by atoms with E-state index in [0.717, 1.165) is 15.8 Å². The Morgan fingerprint density at radius 1 is 1.08 bits per heavy atom. The van der Waals surface area contributed by atoms with Crippen LogP contribution in [0.5, 0.6) is 11.5 Å². The summed E-state index contributed by atoms with van der Waals surface area (Å²) in [6, 6.07) is 13.1. The smallest absolute Gasteiger partial charge is 0.236 e. The lowest BCUT2D eigenvalue weighted by molar-refractivity contribution is -0.130. The summed E-state index contributed by atoms with van der Waals surface area (Å²) in [4.78, 5) is 15.9. The highest BCUT2D eigenvalue weighted by Crippen LogP contribution is 2.35. The minimum Gasteiger partial charge on any atom is -0.456 e. The number of nitrogens with zero attached hydrogens (tertiary/aromatic N) is 2. The SMILES string of the molecule is CN(N)C(=O)CCc1c(Oc2ccc(N)c3ccccc23)ccnc1N. The molecule has 2 aromatic carbocycles. The second kappa shape index (κ2) is 7.28. The van der Waals surface area contributed by atoms with E-state index in [4.69, 9.17) is 22.0 Å². The van der Waals surface area contributed by atoms with Gasteiger partial charge in [0.2, 0.25) is 5.91 Å². The van der Waals surface area contributed by atoms with Gasteiger partial charge in [-0.3, -0.25) is 9.80 Å². The van der Waals surface area contributed by atoms with Gasteiger partial charge in [-0.2, -0.15) is 0 Å². The number of benzene rings is 2. The van der Waals surface area contributed by atoms with E-state index >= 15 is 0 Å². The fourth-order valence-electron chi connectivity index (χ4n) is 2.75. The molecule has 0 aliphatic heterocycles. The molecule has 0 aliphatic carbocycles. The van der Waals surface area contributed by atoms with Gasteiger partial charge in [-0.1, -0.05) is 24.3 Å². The van der Waals surface area contributed by atoms with Crippen LogP contribution in [0.15, 0.2) is 48.7 Å². The highest BCUT2D eigenvalue weighted by molar-refractivity contribution is 5.97. The molecule has 0 unspecified atom stereocenters. The van der Waals surface area contributed by atoms with Crippen LogP contribution in [-0.4, -0.2) is 22.9 Å². The molecule has 0 fully saturated rings. The van der Waals surface area contributed by atoms with Gasteiger partial charge in [-0.15, -0.1) is 0 Å². The van der Waals surface area contributed by atoms with Crippen molar-refractivity contribution in [1.82, 2.24) is 9.99 Å². The minimum absolute atomic E-state index is 0.197. The Morgan fingerprint density at radius 2 is 1.81 bits per heavy atom. The molecule has 0 atom stereocenters. The maximum Gasteiger partial charge on any atom is 0.236 e. The molecule has 134 valence electrons. The Kier molecular flexibility index (Phi) is 4.90. The van der Waals surface area contributed by atoms with Gasteiger partial charge in [0.1, 0.15) is 17.3 Å². The lowest BCUT2D eigenvalue weighted by Gasteiger charge is -2.15. The van der Waals surface area contributed by atoms with Crippen LogP contribution < -0.4 is 22.0 Å². The number of ether oxygens (including phenoxy) is 1. The summed E-state index contributed by atoms with van der Waals surface area (Å²) in [6.07, 6.45) is 2.16. The summed E-state index contributed by atoms with van der Waals surface area (Å²) in [5.74, 6) is 6.81. The van der Waals surface area contributed by atoms with E-state index in [0.29, 0.717) is 35.0 Å². The van der Waals surface area contributed by atoms with Crippen molar-refractivity contribution < 1.29 is 9.53 Å². The van der Waals surface area contributed by atoms with Gasteiger partial charge in [0, 0.05) is 41.7 Å². The highest BCUT2D eigenvalue weighted by atomic mass is 16.5. The second-order valence-corrected chi connectivity index (χ2v) is 5.98. The largest absolute Gasteiger partial charge is 0.456 e. The van der Waals surface area contributed by atoms with Crippen LogP contribution >= 0.6 is 0 Å². The molecule has 0 aliphatic rings. The molecule has 0 saturated heterocycles. The molecule has 3 aromatic rings. The molecule has 7 heteroatoms. The van der Waals surface area contributed by atoms with E-state index in [9.17, 15) is 4.79 Å². The van der Waals surface area contributed by atoms with Gasteiger partial charge in [-0.25, -0.2) is 10.8 Å². The van der Waals surface area contributed by atoms with Gasteiger partial charge in [0.15, 0.2) is 0 Å². The second-order valence-electron chi connectivity index (χ2n) is 5.98. The summed E-state index contributed by atoms with van der Waals surface area (Å²) in [5, 5.41) is 2.86. The van der Waals surface area contributed by atoms with Crippen molar-refractivity contribution in [2.45, 2.75) is 12.8 Å². The third-order valence-electron chi connectivity index (χ3n) is 4.17. The number of amides is 1. The molecule has 0 saturated carbocycles. The minimum atomic E-state index is -0.197. The Hall–Kier alpha value is -3.32. The first kappa shape index (κ1) is 17.5. The van der Waals surface area contributed by atoms with E-state index in [1.807, 2.05) is 30.3 Å². The van der Waals surface area contributed by atoms with Crippen molar-refractivity contribution in [2.24, 2.45) is 5.84 Å². The summed E-state index contributed by atoms with van der Waals surface area (Å²) in [5.41, 5.74) is 13.4. The van der Waals surface area contributed by atoms with E-state index in [-0.39, 0.29) is 12.3 Å². The zero-order chi connectivity index (χ0) is 18.7. The maximum atomic E-state index is 11.8. The number of pyridine rings is 1. The molecule has 7 nitrogen and oxygen atoms in total. The van der Waals surface area contributed by atoms with E-state index in [1.54, 1.807) is 18.3 Å². The number of anilines is 2. The number of nitrogen functional groups attached to an aromatic ring is 2. The first-order chi connectivity index (χ1) is 12.5. The number of fused-ring (bicyclic) bond motifs is 1. The zero-order valence-corrected chi connectivity index (χ0v) is 14.5. The number of carbonyl (C=O) groups excluding carboxylic acids is 1. The predicted molar refractivity (Wildman–Crippen MR) is 102 cm³/mol. The van der Waals surface area contributed by atoms with Crippen LogP contribution in [0.2, 0.25) is 0 Å². The zero-order valence-electron chi connectivity index (χ0n) is 14.5. The number of hydrogen-bond acceptors (Lipinski definition) is 6. The molecule has 6 N–H and O–H groups in total. The van der Waals surface area contributed by atoms with E-state index < -0.39 is 0 Å². The van der Waals surface area contributed by atoms with Crippen molar-refractivity contribution in [3.63, 3.8) is 0 Å². The Bertz CT molecular complexity index is 956. The van der Waals surface area contributed by atoms with Crippen LogP contribution in [0.1, 0.15) is 12.0 Å². The normalized spacial score (nSPS) is 10.7. The molecular formula is C19H21N5O2. The molecular weight excluding hydrogens is 330 g/mol. The van der Waals surface area contributed by atoms with Crippen LogP contribution in [0, 0.1) is 0 Å². The van der Waals surface area contributed by atoms with Crippen LogP contribution in [0.4, 0.5) is 11.5 Å². The molecule has 0 radical (unpaired) electrons. The van der Waals surface area contributed by atoms with Gasteiger partial charge >= 0.3 is 0 Å². The van der Waals surface area contributed by atoms with Gasteiger partial charge < -0.3 is 16.2 Å². The van der Waals surface area contributed by atoms with Gasteiger partial charge in [0.05, 0.1) is 0 Å². The van der Waals surface area contributed by atoms with Crippen molar-refractivity contribution in [3.8, 4) is 11.5 Å². The van der Waals surface area contributed by atoms with Crippen molar-refractivity contribution in [1.29, 1.82) is 0 Å². The Morgan fingerprint density at radius 3 is 2.54 bits per heavy atom. The molecule has 1 aromatic heterocycles. The molecule has 3 rings (SSSR count). The monoisotopic (exact) mass is 351 g/mol. The molecule has 0 bridgehead atoms. The molecule has 0 spiro atoms. The van der Waals surface area contributed by atoms with Crippen LogP contribution in [0.25, 0.3) is 10.8 Å². The lowest BCUT2D eigenvalue weighted by Crippen LogP contribution is -2.33. The average Bonchev–Trinajstić information content (AvgIpc) is 2.63. The third-order valence-corrected chi connectivity index (χ3v) is 4.17. The number of nitrogens with two attached hydrogens (primary N) is 3. The van der Waals surface area contributed by atoms with E-state index in [1.165, 1.54) is 7.05 Å². The standard InChI is InChI=1S/C19H21N5O2/c1-24(22)18(25)9-6-14-17(10-11-23-19(14)21)26-16-8-7-15(20)12-4-2-3-5-13(12)16/h2-5,7-8,10-11H,6,9,20,22H2,1H3,(H2,21,23). The van der Waals surface area contributed by atoms with E-state index in [2.05, 4.69) is 4.98 Å². The van der Waals surface area contributed by atoms with Gasteiger partial charge in [-0.05, 0) is 24.6 Å². The Balaban J connectivity index is 1.95. The number of rotatable bonds is 5. The number of aromatic nitrogens is 1. The highest BCUT2D eigenvalue weighted by Gasteiger charge is 2.14. The van der Waals surface area contributed by atoms with Crippen LogP contribution in [0.3, 0.4) is 0 Å². The fourth-order valence-corrected chi connectivity index (χ4v) is 2.75. The summed E-state index contributed by atoms with van der Waals surface area (Å²) < 4.78 is 6.12. The Labute approximate surface area is 151 Å². The first-order valence-corrected chi connectivity index (χ1v) is 8.17. The van der Waals surface area contributed by atoms with Crippen molar-refractivity contribution in [2.75, 3.05) is 18.5 Å². The number of hydrogen-bond donors (Lipinski definition) is 3. The topological polar surface area (TPSA) is 120 Å². The third kappa shape index (κ3) is 3.52. The molecule has 1 heterocycles. The number of carbonyl (C=O) groups is 1. The lowest BCUT2D eigenvalue weighted by atomic mass is 10.1. The van der Waals surface area contributed by atoms with Crippen molar-refractivity contribution in [3.05, 3.63) is 54.2 Å². The first-order valence-electron chi connectivity index (χ1n) is 8.17. The maximum absolute atomic E-state index is 11.8. The van der Waals surface area contributed by atoms with Crippen LogP contribution in [-0.2, 0) is 11.2 Å².